The van der Waals surface area contributed by atoms with Crippen molar-refractivity contribution >= 4 is 12.0 Å². The van der Waals surface area contributed by atoms with Crippen molar-refractivity contribution in [1.29, 1.82) is 0 Å². The number of amides is 1. The van der Waals surface area contributed by atoms with Gasteiger partial charge in [-0.2, -0.15) is 0 Å². The molecular formula is C15H21NO2. The molecule has 98 valence electrons. The molecule has 0 saturated heterocycles. The average Bonchev–Trinajstić information content (AvgIpc) is 2.36. The monoisotopic (exact) mass is 247 g/mol. The molecule has 2 N–H and O–H groups in total. The lowest BCUT2D eigenvalue weighted by molar-refractivity contribution is -0.117. The molecule has 2 unspecified atom stereocenters. The number of nitrogens with one attached hydrogen (secondary N) is 1. The number of carbonyl (C=O) groups excluding carboxylic acids is 1. The lowest BCUT2D eigenvalue weighted by atomic mass is 10.1. The first-order valence-corrected chi connectivity index (χ1v) is 6.19. The summed E-state index contributed by atoms with van der Waals surface area (Å²) >= 11 is 0. The van der Waals surface area contributed by atoms with Gasteiger partial charge in [0.25, 0.3) is 0 Å². The summed E-state index contributed by atoms with van der Waals surface area (Å²) in [5, 5.41) is 11.8. The van der Waals surface area contributed by atoms with E-state index >= 15 is 0 Å². The molecule has 1 aromatic carbocycles. The van der Waals surface area contributed by atoms with E-state index in [1.165, 1.54) is 6.08 Å². The highest BCUT2D eigenvalue weighted by Crippen LogP contribution is 2.08. The second-order valence-electron chi connectivity index (χ2n) is 4.65. The van der Waals surface area contributed by atoms with Gasteiger partial charge >= 0.3 is 0 Å². The Kier molecular flexibility index (Phi) is 5.59. The molecule has 0 radical (unpaired) electrons. The third kappa shape index (κ3) is 4.34. The van der Waals surface area contributed by atoms with E-state index in [4.69, 9.17) is 5.11 Å². The predicted molar refractivity (Wildman–Crippen MR) is 74.1 cm³/mol. The topological polar surface area (TPSA) is 49.3 Å². The van der Waals surface area contributed by atoms with E-state index < -0.39 is 0 Å². The number of aryl methyl sites for hydroxylation is 1. The number of rotatable bonds is 5. The molecule has 0 aliphatic carbocycles. The molecule has 0 fully saturated rings. The highest BCUT2D eigenvalue weighted by atomic mass is 16.3. The van der Waals surface area contributed by atoms with Gasteiger partial charge in [-0.15, -0.1) is 0 Å². The van der Waals surface area contributed by atoms with E-state index in [0.29, 0.717) is 0 Å². The van der Waals surface area contributed by atoms with Crippen molar-refractivity contribution in [3.05, 3.63) is 41.5 Å². The number of aliphatic hydroxyl groups excluding tert-OH is 1. The van der Waals surface area contributed by atoms with Crippen molar-refractivity contribution in [3.8, 4) is 0 Å². The Balaban J connectivity index is 2.58. The van der Waals surface area contributed by atoms with Crippen LogP contribution in [0.25, 0.3) is 6.08 Å². The van der Waals surface area contributed by atoms with Gasteiger partial charge < -0.3 is 10.4 Å². The molecule has 3 nitrogen and oxygen atoms in total. The van der Waals surface area contributed by atoms with Crippen LogP contribution in [0.1, 0.15) is 25.0 Å². The SMILES string of the molecule is Cc1ccccc1/C=C/C(=O)NC(C)C(C)CO. The van der Waals surface area contributed by atoms with Crippen LogP contribution in [0.5, 0.6) is 0 Å². The molecule has 0 aliphatic heterocycles. The Morgan fingerprint density at radius 3 is 2.67 bits per heavy atom. The standard InChI is InChI=1S/C15H21NO2/c1-11-6-4-5-7-14(11)8-9-15(18)16-13(3)12(2)10-17/h4-9,12-13,17H,10H2,1-3H3,(H,16,18)/b9-8+. The maximum Gasteiger partial charge on any atom is 0.244 e. The zero-order chi connectivity index (χ0) is 13.5. The van der Waals surface area contributed by atoms with Crippen LogP contribution >= 0.6 is 0 Å². The summed E-state index contributed by atoms with van der Waals surface area (Å²) in [5.74, 6) is -0.0770. The van der Waals surface area contributed by atoms with Crippen LogP contribution in [0.3, 0.4) is 0 Å². The molecule has 0 saturated carbocycles. The number of hydrogen-bond donors (Lipinski definition) is 2. The minimum absolute atomic E-state index is 0.0379. The molecule has 0 spiro atoms. The summed E-state index contributed by atoms with van der Waals surface area (Å²) in [7, 11) is 0. The van der Waals surface area contributed by atoms with Gasteiger partial charge in [-0.25, -0.2) is 0 Å². The maximum atomic E-state index is 11.7. The molecule has 0 heterocycles. The molecule has 1 rings (SSSR count). The highest BCUT2D eigenvalue weighted by Gasteiger charge is 2.11. The van der Waals surface area contributed by atoms with Gasteiger partial charge in [0.05, 0.1) is 0 Å². The van der Waals surface area contributed by atoms with Crippen molar-refractivity contribution in [1.82, 2.24) is 5.32 Å². The summed E-state index contributed by atoms with van der Waals surface area (Å²) in [6.45, 7) is 5.87. The minimum Gasteiger partial charge on any atom is -0.396 e. The Morgan fingerprint density at radius 2 is 2.06 bits per heavy atom. The van der Waals surface area contributed by atoms with Crippen molar-refractivity contribution in [2.75, 3.05) is 6.61 Å². The van der Waals surface area contributed by atoms with E-state index in [0.717, 1.165) is 11.1 Å². The Morgan fingerprint density at radius 1 is 1.39 bits per heavy atom. The second-order valence-corrected chi connectivity index (χ2v) is 4.65. The van der Waals surface area contributed by atoms with Crippen LogP contribution in [-0.4, -0.2) is 23.7 Å². The highest BCUT2D eigenvalue weighted by molar-refractivity contribution is 5.92. The molecule has 3 heteroatoms. The molecule has 2 atom stereocenters. The first kappa shape index (κ1) is 14.5. The van der Waals surface area contributed by atoms with E-state index in [-0.39, 0.29) is 24.5 Å². The Labute approximate surface area is 109 Å². The molecule has 0 bridgehead atoms. The number of carbonyl (C=O) groups is 1. The van der Waals surface area contributed by atoms with Crippen molar-refractivity contribution in [2.24, 2.45) is 5.92 Å². The minimum atomic E-state index is -0.133. The van der Waals surface area contributed by atoms with Crippen molar-refractivity contribution in [2.45, 2.75) is 26.8 Å². The third-order valence-electron chi connectivity index (χ3n) is 3.11. The number of benzene rings is 1. The van der Waals surface area contributed by atoms with E-state index in [1.807, 2.05) is 45.0 Å². The van der Waals surface area contributed by atoms with Crippen LogP contribution in [0.2, 0.25) is 0 Å². The Bertz CT molecular complexity index is 426. The Hall–Kier alpha value is -1.61. The number of aliphatic hydroxyl groups is 1. The second kappa shape index (κ2) is 6.97. The lowest BCUT2D eigenvalue weighted by Crippen LogP contribution is -2.37. The van der Waals surface area contributed by atoms with E-state index in [1.54, 1.807) is 6.08 Å². The van der Waals surface area contributed by atoms with Crippen LogP contribution < -0.4 is 5.32 Å². The van der Waals surface area contributed by atoms with Gasteiger partial charge in [-0.1, -0.05) is 31.2 Å². The van der Waals surface area contributed by atoms with E-state index in [9.17, 15) is 4.79 Å². The average molecular weight is 247 g/mol. The third-order valence-corrected chi connectivity index (χ3v) is 3.11. The van der Waals surface area contributed by atoms with Crippen LogP contribution in [0, 0.1) is 12.8 Å². The molecular weight excluding hydrogens is 226 g/mol. The summed E-state index contributed by atoms with van der Waals surface area (Å²) in [6.07, 6.45) is 3.34. The van der Waals surface area contributed by atoms with Crippen LogP contribution in [0.4, 0.5) is 0 Å². The quantitative estimate of drug-likeness (QED) is 0.783. The molecule has 1 aromatic rings. The molecule has 1 amide bonds. The first-order chi connectivity index (χ1) is 8.54. The van der Waals surface area contributed by atoms with Gasteiger partial charge in [0.2, 0.25) is 5.91 Å². The smallest absolute Gasteiger partial charge is 0.244 e. The van der Waals surface area contributed by atoms with Gasteiger partial charge in [0.15, 0.2) is 0 Å². The summed E-state index contributed by atoms with van der Waals surface area (Å²) < 4.78 is 0. The van der Waals surface area contributed by atoms with Crippen molar-refractivity contribution < 1.29 is 9.90 Å². The summed E-state index contributed by atoms with van der Waals surface area (Å²) in [6, 6.07) is 7.86. The van der Waals surface area contributed by atoms with E-state index in [2.05, 4.69) is 5.32 Å². The summed E-state index contributed by atoms with van der Waals surface area (Å²) in [4.78, 5) is 11.7. The fraction of sp³-hybridized carbons (Fsp3) is 0.400. The lowest BCUT2D eigenvalue weighted by Gasteiger charge is -2.18. The number of hydrogen-bond acceptors (Lipinski definition) is 2. The molecule has 0 aliphatic rings. The zero-order valence-electron chi connectivity index (χ0n) is 11.2. The first-order valence-electron chi connectivity index (χ1n) is 6.19. The van der Waals surface area contributed by atoms with Crippen molar-refractivity contribution in [3.63, 3.8) is 0 Å². The van der Waals surface area contributed by atoms with Gasteiger partial charge in [0.1, 0.15) is 0 Å². The predicted octanol–water partition coefficient (Wildman–Crippen LogP) is 2.14. The molecule has 0 aromatic heterocycles. The fourth-order valence-electron chi connectivity index (χ4n) is 1.51. The zero-order valence-corrected chi connectivity index (χ0v) is 11.2. The largest absolute Gasteiger partial charge is 0.396 e. The fourth-order valence-corrected chi connectivity index (χ4v) is 1.51. The van der Waals surface area contributed by atoms with Gasteiger partial charge in [-0.3, -0.25) is 4.79 Å². The maximum absolute atomic E-state index is 11.7. The normalized spacial score (nSPS) is 14.4. The van der Waals surface area contributed by atoms with Gasteiger partial charge in [-0.05, 0) is 37.0 Å². The van der Waals surface area contributed by atoms with Crippen LogP contribution in [-0.2, 0) is 4.79 Å². The van der Waals surface area contributed by atoms with Crippen LogP contribution in [0.15, 0.2) is 30.3 Å². The summed E-state index contributed by atoms with van der Waals surface area (Å²) in [5.41, 5.74) is 2.17. The molecule has 18 heavy (non-hydrogen) atoms. The van der Waals surface area contributed by atoms with Gasteiger partial charge in [0, 0.05) is 18.7 Å².